The Morgan fingerprint density at radius 1 is 1.09 bits per heavy atom. The Hall–Kier alpha value is -1.83. The van der Waals surface area contributed by atoms with E-state index in [9.17, 15) is 24.5 Å². The van der Waals surface area contributed by atoms with Crippen molar-refractivity contribution in [2.75, 3.05) is 6.61 Å². The third-order valence-corrected chi connectivity index (χ3v) is 7.73. The molecule has 3 rings (SSSR count). The van der Waals surface area contributed by atoms with Gasteiger partial charge in [-0.15, -0.1) is 11.6 Å². The number of aromatic nitrogens is 1. The minimum absolute atomic E-state index is 0.0487. The van der Waals surface area contributed by atoms with Gasteiger partial charge < -0.3 is 14.9 Å². The van der Waals surface area contributed by atoms with Crippen LogP contribution in [0.25, 0.3) is 0 Å². The van der Waals surface area contributed by atoms with Gasteiger partial charge in [0.05, 0.1) is 10.2 Å². The van der Waals surface area contributed by atoms with E-state index in [2.05, 4.69) is 4.98 Å². The summed E-state index contributed by atoms with van der Waals surface area (Å²) in [6.07, 6.45) is 5.19. The maximum absolute atomic E-state index is 11.5. The van der Waals surface area contributed by atoms with Crippen LogP contribution in [0.3, 0.4) is 0 Å². The molecule has 1 aromatic heterocycles. The maximum atomic E-state index is 11.5. The first-order chi connectivity index (χ1) is 15.2. The van der Waals surface area contributed by atoms with E-state index in [0.29, 0.717) is 24.3 Å². The molecule has 0 radical (unpaired) electrons. The zero-order chi connectivity index (χ0) is 23.3. The smallest absolute Gasteiger partial charge is 0.356 e. The molecule has 1 unspecified atom stereocenters. The van der Waals surface area contributed by atoms with Gasteiger partial charge in [0.1, 0.15) is 0 Å². The predicted molar refractivity (Wildman–Crippen MR) is 122 cm³/mol. The van der Waals surface area contributed by atoms with Crippen molar-refractivity contribution in [2.24, 2.45) is 11.8 Å². The van der Waals surface area contributed by atoms with Gasteiger partial charge in [-0.3, -0.25) is 19.7 Å². The molecule has 0 saturated heterocycles. The third kappa shape index (κ3) is 6.36. The highest BCUT2D eigenvalue weighted by atomic mass is 35.5. The molecule has 0 aliphatic heterocycles. The summed E-state index contributed by atoms with van der Waals surface area (Å²) in [6, 6.07) is 9.51. The van der Waals surface area contributed by atoms with Crippen LogP contribution in [0.2, 0.25) is 0 Å². The molecule has 10 heteroatoms. The van der Waals surface area contributed by atoms with Crippen LogP contribution >= 0.6 is 19.2 Å². The Labute approximate surface area is 192 Å². The average molecular weight is 483 g/mol. The second kappa shape index (κ2) is 10.9. The maximum Gasteiger partial charge on any atom is 0.356 e. The molecular weight excluding hydrogens is 455 g/mol. The number of aliphatic hydroxyl groups is 1. The lowest BCUT2D eigenvalue weighted by molar-refractivity contribution is -0.385. The molecular formula is C22H28ClN2O6P. The molecule has 1 aliphatic rings. The lowest BCUT2D eigenvalue weighted by Crippen LogP contribution is -2.17. The molecule has 1 aliphatic carbocycles. The van der Waals surface area contributed by atoms with Crippen molar-refractivity contribution in [2.45, 2.75) is 50.3 Å². The first kappa shape index (κ1) is 24.8. The van der Waals surface area contributed by atoms with E-state index >= 15 is 0 Å². The van der Waals surface area contributed by atoms with Gasteiger partial charge in [-0.05, 0) is 68.6 Å². The van der Waals surface area contributed by atoms with Crippen LogP contribution in [0, 0.1) is 22.0 Å². The van der Waals surface area contributed by atoms with Crippen LogP contribution in [-0.2, 0) is 23.8 Å². The van der Waals surface area contributed by atoms with Crippen molar-refractivity contribution in [1.82, 2.24) is 4.98 Å². The lowest BCUT2D eigenvalue weighted by Gasteiger charge is -2.22. The summed E-state index contributed by atoms with van der Waals surface area (Å²) < 4.78 is 11.5. The fourth-order valence-corrected chi connectivity index (χ4v) is 5.58. The van der Waals surface area contributed by atoms with Gasteiger partial charge in [-0.2, -0.15) is 0 Å². The standard InChI is InChI=1S/C22H28ClN2O6P/c23-21-11-7-15(20(21)10-8-17-2-1-3-18(24-17)12-13-26)4-5-16-6-9-19(32(29,30)31)14-22(16)25(27)28/h1-3,6,9,14-15,20-21,26H,4-5,7-8,10-13H2,(H2,29,30,31)/t15-,20+,21?/m0/s1. The number of halogens is 1. The zero-order valence-electron chi connectivity index (χ0n) is 17.6. The summed E-state index contributed by atoms with van der Waals surface area (Å²) >= 11 is 6.61. The highest BCUT2D eigenvalue weighted by molar-refractivity contribution is 7.60. The van der Waals surface area contributed by atoms with Crippen molar-refractivity contribution in [3.05, 3.63) is 63.5 Å². The number of rotatable bonds is 10. The van der Waals surface area contributed by atoms with Gasteiger partial charge in [-0.1, -0.05) is 12.1 Å². The van der Waals surface area contributed by atoms with Crippen molar-refractivity contribution in [3.8, 4) is 0 Å². The molecule has 1 fully saturated rings. The largest absolute Gasteiger partial charge is 0.396 e. The Balaban J connectivity index is 1.66. The van der Waals surface area contributed by atoms with Crippen LogP contribution in [0.4, 0.5) is 5.69 Å². The molecule has 3 N–H and O–H groups in total. The number of aliphatic hydroxyl groups excluding tert-OH is 1. The molecule has 2 aromatic rings. The van der Waals surface area contributed by atoms with E-state index < -0.39 is 12.5 Å². The highest BCUT2D eigenvalue weighted by Crippen LogP contribution is 2.42. The summed E-state index contributed by atoms with van der Waals surface area (Å²) in [5.41, 5.74) is 2.05. The van der Waals surface area contributed by atoms with Gasteiger partial charge >= 0.3 is 7.60 Å². The van der Waals surface area contributed by atoms with Crippen LogP contribution in [-0.4, -0.2) is 36.8 Å². The van der Waals surface area contributed by atoms with Gasteiger partial charge in [0.15, 0.2) is 0 Å². The number of aryl methyl sites for hydroxylation is 2. The van der Waals surface area contributed by atoms with Gasteiger partial charge in [0, 0.05) is 41.4 Å². The monoisotopic (exact) mass is 482 g/mol. The number of pyridine rings is 1. The number of nitrogens with zero attached hydrogens (tertiary/aromatic N) is 2. The molecule has 3 atom stereocenters. The summed E-state index contributed by atoms with van der Waals surface area (Å²) in [7, 11) is -4.55. The van der Waals surface area contributed by atoms with Crippen molar-refractivity contribution in [1.29, 1.82) is 0 Å². The molecule has 0 bridgehead atoms. The molecule has 1 saturated carbocycles. The number of nitro benzene ring substituents is 1. The number of hydrogen-bond donors (Lipinski definition) is 3. The third-order valence-electron chi connectivity index (χ3n) is 6.24. The first-order valence-corrected chi connectivity index (χ1v) is 12.8. The highest BCUT2D eigenvalue weighted by Gasteiger charge is 2.34. The molecule has 174 valence electrons. The van der Waals surface area contributed by atoms with Crippen LogP contribution < -0.4 is 5.30 Å². The summed E-state index contributed by atoms with van der Waals surface area (Å²) in [5, 5.41) is 20.3. The molecule has 1 aromatic carbocycles. The van der Waals surface area contributed by atoms with Crippen molar-refractivity contribution in [3.63, 3.8) is 0 Å². The van der Waals surface area contributed by atoms with E-state index in [1.165, 1.54) is 12.1 Å². The van der Waals surface area contributed by atoms with E-state index in [0.717, 1.165) is 49.6 Å². The number of benzene rings is 1. The first-order valence-electron chi connectivity index (χ1n) is 10.7. The van der Waals surface area contributed by atoms with E-state index in [4.69, 9.17) is 16.7 Å². The Morgan fingerprint density at radius 3 is 2.47 bits per heavy atom. The minimum atomic E-state index is -4.55. The number of nitro groups is 1. The average Bonchev–Trinajstić information content (AvgIpc) is 3.09. The molecule has 1 heterocycles. The Kier molecular flexibility index (Phi) is 8.42. The second-order valence-corrected chi connectivity index (χ2v) is 10.5. The topological polar surface area (TPSA) is 134 Å². The Morgan fingerprint density at radius 2 is 1.81 bits per heavy atom. The zero-order valence-corrected chi connectivity index (χ0v) is 19.3. The molecule has 8 nitrogen and oxygen atoms in total. The Bertz CT molecular complexity index is 998. The second-order valence-electron chi connectivity index (χ2n) is 8.30. The normalized spacial score (nSPS) is 21.1. The number of alkyl halides is 1. The van der Waals surface area contributed by atoms with E-state index in [1.54, 1.807) is 0 Å². The van der Waals surface area contributed by atoms with Crippen molar-refractivity contribution >= 4 is 30.2 Å². The minimum Gasteiger partial charge on any atom is -0.396 e. The van der Waals surface area contributed by atoms with E-state index in [1.807, 2.05) is 18.2 Å². The molecule has 32 heavy (non-hydrogen) atoms. The van der Waals surface area contributed by atoms with Crippen LogP contribution in [0.5, 0.6) is 0 Å². The van der Waals surface area contributed by atoms with Gasteiger partial charge in [0.25, 0.3) is 5.69 Å². The van der Waals surface area contributed by atoms with Crippen LogP contribution in [0.15, 0.2) is 36.4 Å². The van der Waals surface area contributed by atoms with Crippen LogP contribution in [0.1, 0.15) is 42.6 Å². The molecule has 0 amide bonds. The lowest BCUT2D eigenvalue weighted by atomic mass is 9.86. The quantitative estimate of drug-likeness (QED) is 0.204. The van der Waals surface area contributed by atoms with Crippen molar-refractivity contribution < 1.29 is 24.4 Å². The van der Waals surface area contributed by atoms with Gasteiger partial charge in [0.2, 0.25) is 0 Å². The summed E-state index contributed by atoms with van der Waals surface area (Å²) in [6.45, 7) is 0.0617. The summed E-state index contributed by atoms with van der Waals surface area (Å²) in [5.74, 6) is 0.590. The number of hydrogen-bond acceptors (Lipinski definition) is 5. The summed E-state index contributed by atoms with van der Waals surface area (Å²) in [4.78, 5) is 34.1. The molecule has 0 spiro atoms. The fraction of sp³-hybridized carbons (Fsp3) is 0.500. The fourth-order valence-electron chi connectivity index (χ4n) is 4.56. The van der Waals surface area contributed by atoms with E-state index in [-0.39, 0.29) is 28.9 Å². The van der Waals surface area contributed by atoms with Gasteiger partial charge in [-0.25, -0.2) is 0 Å². The SMILES string of the molecule is O=[N+]([O-])c1cc(P(=O)(O)O)ccc1CC[C@H]1CCC(Cl)[C@@H]1CCc1cccc(CCO)n1. The predicted octanol–water partition coefficient (Wildman–Crippen LogP) is 3.53.